The Morgan fingerprint density at radius 1 is 1.07 bits per heavy atom. The summed E-state index contributed by atoms with van der Waals surface area (Å²) in [6, 6.07) is 14.5. The lowest BCUT2D eigenvalue weighted by Crippen LogP contribution is -2.22. The van der Waals surface area contributed by atoms with Crippen LogP contribution in [0.4, 0.5) is 4.39 Å². The van der Waals surface area contributed by atoms with E-state index in [2.05, 4.69) is 10.3 Å². The first-order valence-corrected chi connectivity index (χ1v) is 10.1. The Morgan fingerprint density at radius 2 is 1.83 bits per heavy atom. The van der Waals surface area contributed by atoms with E-state index in [1.807, 2.05) is 0 Å². The molecule has 0 atom stereocenters. The fourth-order valence-corrected chi connectivity index (χ4v) is 4.17. The molecule has 0 aliphatic carbocycles. The van der Waals surface area contributed by atoms with Gasteiger partial charge in [-0.25, -0.2) is 12.8 Å². The van der Waals surface area contributed by atoms with Crippen LogP contribution in [0.2, 0.25) is 0 Å². The van der Waals surface area contributed by atoms with Gasteiger partial charge >= 0.3 is 0 Å². The van der Waals surface area contributed by atoms with E-state index in [0.29, 0.717) is 11.1 Å². The van der Waals surface area contributed by atoms with Crippen molar-refractivity contribution in [3.8, 4) is 0 Å². The molecule has 29 heavy (non-hydrogen) atoms. The van der Waals surface area contributed by atoms with Gasteiger partial charge < -0.3 is 9.73 Å². The molecule has 146 valence electrons. The number of hydrogen-bond acceptors (Lipinski definition) is 5. The number of fused-ring (bicyclic) bond motifs is 1. The van der Waals surface area contributed by atoms with Crippen LogP contribution in [0.15, 0.2) is 87.3 Å². The lowest BCUT2D eigenvalue weighted by atomic mass is 10.2. The second kappa shape index (κ2) is 7.48. The molecule has 6 nitrogen and oxygen atoms in total. The molecule has 0 bridgehead atoms. The first-order valence-electron chi connectivity index (χ1n) is 8.65. The molecule has 1 amide bonds. The number of amides is 1. The van der Waals surface area contributed by atoms with Gasteiger partial charge in [0.05, 0.1) is 11.1 Å². The highest BCUT2D eigenvalue weighted by molar-refractivity contribution is 7.91. The second-order valence-corrected chi connectivity index (χ2v) is 8.20. The molecule has 2 heterocycles. The largest absolute Gasteiger partial charge is 0.449 e. The summed E-state index contributed by atoms with van der Waals surface area (Å²) >= 11 is 0. The quantitative estimate of drug-likeness (QED) is 0.542. The maximum absolute atomic E-state index is 13.9. The van der Waals surface area contributed by atoms with Crippen LogP contribution in [0.1, 0.15) is 16.1 Å². The molecule has 8 heteroatoms. The van der Waals surface area contributed by atoms with Crippen LogP contribution < -0.4 is 5.32 Å². The monoisotopic (exact) mass is 410 g/mol. The first kappa shape index (κ1) is 18.8. The fourth-order valence-electron chi connectivity index (χ4n) is 2.84. The van der Waals surface area contributed by atoms with Crippen LogP contribution in [0.5, 0.6) is 0 Å². The first-order chi connectivity index (χ1) is 13.9. The number of hydrogen-bond donors (Lipinski definition) is 1. The predicted octanol–water partition coefficient (Wildman–Crippen LogP) is 3.73. The van der Waals surface area contributed by atoms with Gasteiger partial charge in [0.25, 0.3) is 5.91 Å². The number of nitrogens with zero attached hydrogens (tertiary/aromatic N) is 1. The van der Waals surface area contributed by atoms with Crippen molar-refractivity contribution in [2.24, 2.45) is 0 Å². The minimum absolute atomic E-state index is 0.0255. The third-order valence-corrected chi connectivity index (χ3v) is 6.16. The van der Waals surface area contributed by atoms with E-state index in [4.69, 9.17) is 4.42 Å². The molecular weight excluding hydrogens is 395 g/mol. The van der Waals surface area contributed by atoms with Crippen LogP contribution in [0.25, 0.3) is 11.0 Å². The second-order valence-electron chi connectivity index (χ2n) is 6.28. The van der Waals surface area contributed by atoms with E-state index in [1.54, 1.807) is 30.5 Å². The number of carbonyl (C=O) groups is 1. The predicted molar refractivity (Wildman–Crippen MR) is 103 cm³/mol. The van der Waals surface area contributed by atoms with E-state index in [-0.39, 0.29) is 22.1 Å². The Balaban J connectivity index is 1.47. The van der Waals surface area contributed by atoms with Gasteiger partial charge in [0, 0.05) is 18.1 Å². The van der Waals surface area contributed by atoms with E-state index in [1.165, 1.54) is 36.5 Å². The van der Waals surface area contributed by atoms with Gasteiger partial charge in [-0.3, -0.25) is 9.78 Å². The Hall–Kier alpha value is -3.52. The molecule has 0 saturated carbocycles. The number of furan rings is 1. The van der Waals surface area contributed by atoms with Crippen molar-refractivity contribution in [1.29, 1.82) is 0 Å². The van der Waals surface area contributed by atoms with Crippen molar-refractivity contribution in [3.05, 3.63) is 90.2 Å². The zero-order valence-corrected chi connectivity index (χ0v) is 15.8. The molecule has 0 radical (unpaired) electrons. The SMILES string of the molecule is O=C(NCc1ccc(S(=O)(=O)c2ccccc2F)cc1)c1cc2ccncc2o1. The smallest absolute Gasteiger partial charge is 0.287 e. The fraction of sp³-hybridized carbons (Fsp3) is 0.0476. The van der Waals surface area contributed by atoms with Crippen molar-refractivity contribution in [2.75, 3.05) is 0 Å². The van der Waals surface area contributed by atoms with Crippen LogP contribution in [0, 0.1) is 5.82 Å². The summed E-state index contributed by atoms with van der Waals surface area (Å²) < 4.78 is 44.5. The molecule has 0 unspecified atom stereocenters. The topological polar surface area (TPSA) is 89.3 Å². The summed E-state index contributed by atoms with van der Waals surface area (Å²) in [5, 5.41) is 3.48. The van der Waals surface area contributed by atoms with Crippen molar-refractivity contribution < 1.29 is 22.0 Å². The zero-order valence-electron chi connectivity index (χ0n) is 15.0. The summed E-state index contributed by atoms with van der Waals surface area (Å²) in [6.07, 6.45) is 3.14. The number of benzene rings is 2. The third-order valence-electron chi connectivity index (χ3n) is 4.36. The number of halogens is 1. The van der Waals surface area contributed by atoms with E-state index >= 15 is 0 Å². The number of pyridine rings is 1. The lowest BCUT2D eigenvalue weighted by molar-refractivity contribution is 0.0925. The van der Waals surface area contributed by atoms with Gasteiger partial charge in [-0.1, -0.05) is 24.3 Å². The van der Waals surface area contributed by atoms with Gasteiger partial charge in [-0.05, 0) is 42.0 Å². The number of sulfone groups is 1. The summed E-state index contributed by atoms with van der Waals surface area (Å²) in [4.78, 5) is 15.8. The molecule has 0 fully saturated rings. The molecule has 0 spiro atoms. The number of carbonyl (C=O) groups excluding carboxylic acids is 1. The number of rotatable bonds is 5. The average Bonchev–Trinajstić information content (AvgIpc) is 3.17. The third kappa shape index (κ3) is 3.74. The maximum Gasteiger partial charge on any atom is 0.287 e. The highest BCUT2D eigenvalue weighted by Crippen LogP contribution is 2.23. The average molecular weight is 410 g/mol. The van der Waals surface area contributed by atoms with E-state index in [0.717, 1.165) is 11.5 Å². The minimum atomic E-state index is -3.96. The van der Waals surface area contributed by atoms with Gasteiger partial charge in [0.15, 0.2) is 11.3 Å². The molecule has 4 aromatic rings. The van der Waals surface area contributed by atoms with Crippen LogP contribution in [-0.2, 0) is 16.4 Å². The molecule has 0 aliphatic heterocycles. The Kier molecular flexibility index (Phi) is 4.85. The van der Waals surface area contributed by atoms with Gasteiger partial charge in [0.2, 0.25) is 9.84 Å². The van der Waals surface area contributed by atoms with Crippen molar-refractivity contribution in [2.45, 2.75) is 16.3 Å². The Morgan fingerprint density at radius 3 is 2.55 bits per heavy atom. The number of nitrogens with one attached hydrogen (secondary N) is 1. The summed E-state index contributed by atoms with van der Waals surface area (Å²) in [7, 11) is -3.96. The van der Waals surface area contributed by atoms with E-state index in [9.17, 15) is 17.6 Å². The highest BCUT2D eigenvalue weighted by Gasteiger charge is 2.21. The molecule has 2 aromatic carbocycles. The normalized spacial score (nSPS) is 11.5. The molecule has 0 aliphatic rings. The van der Waals surface area contributed by atoms with Gasteiger partial charge in [0.1, 0.15) is 10.7 Å². The van der Waals surface area contributed by atoms with Crippen LogP contribution in [0.3, 0.4) is 0 Å². The molecule has 1 N–H and O–H groups in total. The summed E-state index contributed by atoms with van der Waals surface area (Å²) in [5.41, 5.74) is 1.20. The van der Waals surface area contributed by atoms with Crippen molar-refractivity contribution in [1.82, 2.24) is 10.3 Å². The van der Waals surface area contributed by atoms with Crippen molar-refractivity contribution >= 4 is 26.7 Å². The Labute approximate surface area is 165 Å². The highest BCUT2D eigenvalue weighted by atomic mass is 32.2. The molecule has 2 aromatic heterocycles. The van der Waals surface area contributed by atoms with Gasteiger partial charge in [-0.2, -0.15) is 0 Å². The van der Waals surface area contributed by atoms with Gasteiger partial charge in [-0.15, -0.1) is 0 Å². The Bertz CT molecular complexity index is 1260. The molecular formula is C21H15FN2O4S. The lowest BCUT2D eigenvalue weighted by Gasteiger charge is -2.07. The zero-order chi connectivity index (χ0) is 20.4. The summed E-state index contributed by atoms with van der Waals surface area (Å²) in [6.45, 7) is 0.175. The molecule has 0 saturated heterocycles. The molecule has 4 rings (SSSR count). The van der Waals surface area contributed by atoms with Crippen LogP contribution in [-0.4, -0.2) is 19.3 Å². The minimum Gasteiger partial charge on any atom is -0.449 e. The standard InChI is InChI=1S/C21H15FN2O4S/c22-17-3-1-2-4-20(17)29(26,27)16-7-5-14(6-8-16)12-24-21(25)18-11-15-9-10-23-13-19(15)28-18/h1-11,13H,12H2,(H,24,25). The maximum atomic E-state index is 13.9. The summed E-state index contributed by atoms with van der Waals surface area (Å²) in [5.74, 6) is -1.04. The van der Waals surface area contributed by atoms with Crippen LogP contribution >= 0.6 is 0 Å². The number of aromatic nitrogens is 1. The van der Waals surface area contributed by atoms with E-state index < -0.39 is 21.6 Å². The van der Waals surface area contributed by atoms with Crippen molar-refractivity contribution in [3.63, 3.8) is 0 Å².